The monoisotopic (exact) mass is 241 g/mol. The summed E-state index contributed by atoms with van der Waals surface area (Å²) in [5.41, 5.74) is 1.62. The molecule has 1 aliphatic rings. The number of benzene rings is 1. The first-order chi connectivity index (χ1) is 7.53. The van der Waals surface area contributed by atoms with Crippen LogP contribution in [0.1, 0.15) is 18.4 Å². The number of nitrogens with one attached hydrogen (secondary N) is 2. The summed E-state index contributed by atoms with van der Waals surface area (Å²) in [6.45, 7) is 0.820. The largest absolute Gasteiger partial charge is 0.310 e. The van der Waals surface area contributed by atoms with Crippen molar-refractivity contribution in [2.45, 2.75) is 25.4 Å². The molecule has 0 heterocycles. The fourth-order valence-electron chi connectivity index (χ4n) is 1.40. The lowest BCUT2D eigenvalue weighted by Gasteiger charge is -2.06. The molecule has 5 nitrogen and oxygen atoms in total. The van der Waals surface area contributed by atoms with E-state index in [1.807, 2.05) is 12.1 Å². The zero-order chi connectivity index (χ0) is 11.6. The van der Waals surface area contributed by atoms with Gasteiger partial charge in [0.15, 0.2) is 0 Å². The van der Waals surface area contributed by atoms with E-state index < -0.39 is 10.2 Å². The molecule has 88 valence electrons. The molecule has 4 N–H and O–H groups in total. The Morgan fingerprint density at radius 1 is 1.25 bits per heavy atom. The fraction of sp³-hybridized carbons (Fsp3) is 0.400. The normalized spacial score (nSPS) is 16.1. The van der Waals surface area contributed by atoms with Gasteiger partial charge in [0.05, 0.1) is 0 Å². The Morgan fingerprint density at radius 2 is 1.88 bits per heavy atom. The molecule has 0 radical (unpaired) electrons. The molecular formula is C10H15N3O2S. The number of rotatable bonds is 5. The van der Waals surface area contributed by atoms with Gasteiger partial charge in [0.25, 0.3) is 10.2 Å². The fourth-order valence-corrected chi connectivity index (χ4v) is 1.87. The van der Waals surface area contributed by atoms with Crippen molar-refractivity contribution in [3.05, 3.63) is 29.8 Å². The van der Waals surface area contributed by atoms with Gasteiger partial charge in [-0.05, 0) is 30.5 Å². The third-order valence-electron chi connectivity index (χ3n) is 2.39. The first-order valence-electron chi connectivity index (χ1n) is 5.16. The quantitative estimate of drug-likeness (QED) is 0.704. The third kappa shape index (κ3) is 3.80. The highest BCUT2D eigenvalue weighted by Crippen LogP contribution is 2.19. The summed E-state index contributed by atoms with van der Waals surface area (Å²) in [5, 5.41) is 8.24. The van der Waals surface area contributed by atoms with Crippen LogP contribution in [-0.4, -0.2) is 14.5 Å². The Kier molecular flexibility index (Phi) is 3.13. The summed E-state index contributed by atoms with van der Waals surface area (Å²) in [6.07, 6.45) is 2.51. The summed E-state index contributed by atoms with van der Waals surface area (Å²) in [6, 6.07) is 7.83. The highest BCUT2D eigenvalue weighted by atomic mass is 32.2. The maximum absolute atomic E-state index is 10.8. The zero-order valence-corrected chi connectivity index (χ0v) is 9.63. The van der Waals surface area contributed by atoms with Crippen LogP contribution in [0, 0.1) is 0 Å². The first kappa shape index (κ1) is 11.4. The van der Waals surface area contributed by atoms with Gasteiger partial charge in [0.2, 0.25) is 0 Å². The van der Waals surface area contributed by atoms with Gasteiger partial charge in [-0.3, -0.25) is 4.72 Å². The van der Waals surface area contributed by atoms with E-state index in [0.717, 1.165) is 12.1 Å². The van der Waals surface area contributed by atoms with Crippen LogP contribution < -0.4 is 15.2 Å². The van der Waals surface area contributed by atoms with Gasteiger partial charge in [-0.25, -0.2) is 5.14 Å². The van der Waals surface area contributed by atoms with E-state index in [-0.39, 0.29) is 0 Å². The third-order valence-corrected chi connectivity index (χ3v) is 2.91. The van der Waals surface area contributed by atoms with Gasteiger partial charge in [-0.2, -0.15) is 8.42 Å². The summed E-state index contributed by atoms with van der Waals surface area (Å²) in [4.78, 5) is 0. The van der Waals surface area contributed by atoms with Crippen LogP contribution in [0.5, 0.6) is 0 Å². The van der Waals surface area contributed by atoms with Crippen molar-refractivity contribution in [2.24, 2.45) is 5.14 Å². The average molecular weight is 241 g/mol. The van der Waals surface area contributed by atoms with Crippen LogP contribution in [0.4, 0.5) is 5.69 Å². The van der Waals surface area contributed by atoms with E-state index in [4.69, 9.17) is 5.14 Å². The topological polar surface area (TPSA) is 84.2 Å². The van der Waals surface area contributed by atoms with E-state index in [9.17, 15) is 8.42 Å². The van der Waals surface area contributed by atoms with Crippen molar-refractivity contribution >= 4 is 15.9 Å². The summed E-state index contributed by atoms with van der Waals surface area (Å²) < 4.78 is 23.7. The van der Waals surface area contributed by atoms with Crippen molar-refractivity contribution in [2.75, 3.05) is 4.72 Å². The van der Waals surface area contributed by atoms with Gasteiger partial charge in [0, 0.05) is 18.3 Å². The first-order valence-corrected chi connectivity index (χ1v) is 6.70. The molecule has 0 amide bonds. The molecule has 0 bridgehead atoms. The second kappa shape index (κ2) is 4.40. The molecule has 1 fully saturated rings. The van der Waals surface area contributed by atoms with Crippen LogP contribution in [0.2, 0.25) is 0 Å². The lowest BCUT2D eigenvalue weighted by atomic mass is 10.2. The lowest BCUT2D eigenvalue weighted by Crippen LogP contribution is -2.21. The van der Waals surface area contributed by atoms with E-state index >= 15 is 0 Å². The molecule has 16 heavy (non-hydrogen) atoms. The Hall–Kier alpha value is -1.11. The Balaban J connectivity index is 1.92. The number of hydrogen-bond acceptors (Lipinski definition) is 3. The summed E-state index contributed by atoms with van der Waals surface area (Å²) in [7, 11) is -3.67. The SMILES string of the molecule is NS(=O)(=O)Nc1ccc(CNC2CC2)cc1. The number of hydrogen-bond donors (Lipinski definition) is 3. The van der Waals surface area contributed by atoms with Crippen molar-refractivity contribution in [1.29, 1.82) is 0 Å². The highest BCUT2D eigenvalue weighted by molar-refractivity contribution is 7.90. The molecule has 0 unspecified atom stereocenters. The molecule has 1 aromatic rings. The molecule has 0 aliphatic heterocycles. The Labute approximate surface area is 95.2 Å². The minimum absolute atomic E-state index is 0.484. The van der Waals surface area contributed by atoms with Crippen molar-refractivity contribution in [3.63, 3.8) is 0 Å². The smallest absolute Gasteiger partial charge is 0.296 e. The number of nitrogens with two attached hydrogens (primary N) is 1. The molecule has 1 aromatic carbocycles. The van der Waals surface area contributed by atoms with E-state index in [1.54, 1.807) is 12.1 Å². The maximum Gasteiger partial charge on any atom is 0.296 e. The van der Waals surface area contributed by atoms with Crippen LogP contribution in [0.3, 0.4) is 0 Å². The second-order valence-corrected chi connectivity index (χ2v) is 5.29. The minimum Gasteiger partial charge on any atom is -0.310 e. The van der Waals surface area contributed by atoms with E-state index in [2.05, 4.69) is 10.0 Å². The van der Waals surface area contributed by atoms with Gasteiger partial charge >= 0.3 is 0 Å². The summed E-state index contributed by atoms with van der Waals surface area (Å²) in [5.74, 6) is 0. The van der Waals surface area contributed by atoms with Crippen LogP contribution >= 0.6 is 0 Å². The maximum atomic E-state index is 10.8. The zero-order valence-electron chi connectivity index (χ0n) is 8.81. The molecule has 2 rings (SSSR count). The molecule has 1 aliphatic carbocycles. The molecule has 0 spiro atoms. The molecular weight excluding hydrogens is 226 g/mol. The van der Waals surface area contributed by atoms with Gasteiger partial charge in [-0.1, -0.05) is 12.1 Å². The molecule has 1 saturated carbocycles. The van der Waals surface area contributed by atoms with E-state index in [0.29, 0.717) is 11.7 Å². The molecule has 0 aromatic heterocycles. The van der Waals surface area contributed by atoms with Crippen LogP contribution in [0.15, 0.2) is 24.3 Å². The highest BCUT2D eigenvalue weighted by Gasteiger charge is 2.19. The van der Waals surface area contributed by atoms with E-state index in [1.165, 1.54) is 12.8 Å². The van der Waals surface area contributed by atoms with Crippen LogP contribution in [-0.2, 0) is 16.8 Å². The minimum atomic E-state index is -3.67. The Morgan fingerprint density at radius 3 is 2.38 bits per heavy atom. The van der Waals surface area contributed by atoms with Crippen molar-refractivity contribution < 1.29 is 8.42 Å². The van der Waals surface area contributed by atoms with Crippen LogP contribution in [0.25, 0.3) is 0 Å². The van der Waals surface area contributed by atoms with Gasteiger partial charge in [-0.15, -0.1) is 0 Å². The second-order valence-electron chi connectivity index (χ2n) is 4.00. The van der Waals surface area contributed by atoms with Crippen molar-refractivity contribution in [1.82, 2.24) is 5.32 Å². The van der Waals surface area contributed by atoms with Gasteiger partial charge < -0.3 is 5.32 Å². The average Bonchev–Trinajstić information content (AvgIpc) is 2.98. The molecule has 0 saturated heterocycles. The standard InChI is InChI=1S/C10H15N3O2S/c11-16(14,15)13-10-3-1-8(2-4-10)7-12-9-5-6-9/h1-4,9,12-13H,5-7H2,(H2,11,14,15). The molecule has 0 atom stereocenters. The molecule has 6 heteroatoms. The van der Waals surface area contributed by atoms with Gasteiger partial charge in [0.1, 0.15) is 0 Å². The lowest BCUT2D eigenvalue weighted by molar-refractivity contribution is 0.603. The Bertz CT molecular complexity index is 451. The van der Waals surface area contributed by atoms with Crippen molar-refractivity contribution in [3.8, 4) is 0 Å². The predicted octanol–water partition coefficient (Wildman–Crippen LogP) is 0.554. The summed E-state index contributed by atoms with van der Waals surface area (Å²) >= 11 is 0. The number of anilines is 1. The predicted molar refractivity (Wildman–Crippen MR) is 63.0 cm³/mol.